The molecule has 0 radical (unpaired) electrons. The maximum absolute atomic E-state index is 15.6. The number of nitrogens with one attached hydrogen (secondary N) is 1. The van der Waals surface area contributed by atoms with Crippen LogP contribution in [0, 0.1) is 5.41 Å². The van der Waals surface area contributed by atoms with Crippen molar-refractivity contribution in [1.82, 2.24) is 20.2 Å². The highest BCUT2D eigenvalue weighted by molar-refractivity contribution is 5.97. The second-order valence-electron chi connectivity index (χ2n) is 18.7. The van der Waals surface area contributed by atoms with Crippen LogP contribution in [0.2, 0.25) is 0 Å². The van der Waals surface area contributed by atoms with Gasteiger partial charge < -0.3 is 39.2 Å². The summed E-state index contributed by atoms with van der Waals surface area (Å²) in [6, 6.07) is 4.77. The summed E-state index contributed by atoms with van der Waals surface area (Å²) in [7, 11) is 3.36. The Balaban J connectivity index is 1.31. The van der Waals surface area contributed by atoms with Crippen molar-refractivity contribution in [3.05, 3.63) is 41.5 Å². The van der Waals surface area contributed by atoms with Gasteiger partial charge in [-0.15, -0.1) is 0 Å². The number of amides is 3. The van der Waals surface area contributed by atoms with Gasteiger partial charge in [0.2, 0.25) is 17.7 Å². The van der Waals surface area contributed by atoms with E-state index in [0.717, 1.165) is 49.7 Å². The molecule has 1 aromatic carbocycles. The molecule has 1 aromatic rings. The number of benzene rings is 1. The van der Waals surface area contributed by atoms with Gasteiger partial charge in [0.05, 0.1) is 19.2 Å². The largest absolute Gasteiger partial charge is 0.460 e. The molecule has 4 aliphatic heterocycles. The Morgan fingerprint density at radius 3 is 2.41 bits per heavy atom. The van der Waals surface area contributed by atoms with E-state index in [2.05, 4.69) is 19.2 Å². The van der Waals surface area contributed by atoms with E-state index in [1.165, 1.54) is 11.0 Å². The van der Waals surface area contributed by atoms with Crippen molar-refractivity contribution in [2.24, 2.45) is 5.41 Å². The molecule has 2 bridgehead atoms. The number of nitrogens with zero attached hydrogens (tertiary/aromatic N) is 3. The minimum Gasteiger partial charge on any atom is -0.460 e. The zero-order chi connectivity index (χ0) is 44.1. The van der Waals surface area contributed by atoms with Gasteiger partial charge in [0.1, 0.15) is 41.5 Å². The molecule has 4 saturated heterocycles. The third kappa shape index (κ3) is 10.3. The second kappa shape index (κ2) is 19.7. The highest BCUT2D eigenvalue weighted by Gasteiger charge is 2.77. The van der Waals surface area contributed by atoms with Crippen molar-refractivity contribution in [1.29, 1.82) is 0 Å². The number of esters is 2. The Hall–Kier alpha value is -3.89. The first-order valence-corrected chi connectivity index (χ1v) is 22.5. The first-order chi connectivity index (χ1) is 29.0. The molecule has 0 aromatic heterocycles. The van der Waals surface area contributed by atoms with Crippen LogP contribution >= 0.6 is 0 Å². The Labute approximate surface area is 360 Å². The van der Waals surface area contributed by atoms with Crippen LogP contribution < -0.4 is 5.32 Å². The molecule has 5 aliphatic rings. The fourth-order valence-corrected chi connectivity index (χ4v) is 9.71. The van der Waals surface area contributed by atoms with Crippen LogP contribution in [0.3, 0.4) is 0 Å². The van der Waals surface area contributed by atoms with Gasteiger partial charge in [-0.2, -0.15) is 5.06 Å². The standard InChI is InChI=1S/C46H68N4O11/c1-8-10-12-23-45(24-13-11-9-2)59-37-34-27-46(43(56)49-25-15-18-33(49)41(54)47-32(29-51)20-22-36(53)58-44(3,4)5)39(42(55)57-34)50(61-40(46)38(37)60-45)28-31-17-14-16-30(26-31)19-21-35(52)48(6)7/h14,16-17,19,21,26,32-34,37-40,51H,8-13,15,18,20,22-25,27-29H2,1-7H3,(H,47,54)/t32-,33+,34+,37-,38-,39+,40+,46+/m0/s1. The van der Waals surface area contributed by atoms with Crippen molar-refractivity contribution < 1.29 is 52.9 Å². The molecule has 4 heterocycles. The van der Waals surface area contributed by atoms with E-state index < -0.39 is 83.8 Å². The molecule has 8 atom stereocenters. The van der Waals surface area contributed by atoms with E-state index in [9.17, 15) is 24.3 Å². The maximum Gasteiger partial charge on any atom is 0.327 e. The number of hydroxylamine groups is 2. The highest BCUT2D eigenvalue weighted by Crippen LogP contribution is 2.59. The normalized spacial score (nSPS) is 28.4. The molecule has 15 heteroatoms. The molecular weight excluding hydrogens is 785 g/mol. The van der Waals surface area contributed by atoms with Crippen molar-refractivity contribution in [3.8, 4) is 0 Å². The monoisotopic (exact) mass is 852 g/mol. The number of unbranched alkanes of at least 4 members (excludes halogenated alkanes) is 4. The summed E-state index contributed by atoms with van der Waals surface area (Å²) >= 11 is 0. The highest BCUT2D eigenvalue weighted by atomic mass is 16.8. The summed E-state index contributed by atoms with van der Waals surface area (Å²) in [6.45, 7) is 9.61. The number of hydrogen-bond donors (Lipinski definition) is 2. The quantitative estimate of drug-likeness (QED) is 0.111. The number of likely N-dealkylation sites (N-methyl/N-ethyl adjacent to an activating group) is 1. The van der Waals surface area contributed by atoms with Crippen LogP contribution in [0.4, 0.5) is 0 Å². The van der Waals surface area contributed by atoms with Crippen LogP contribution in [0.15, 0.2) is 30.3 Å². The van der Waals surface area contributed by atoms with E-state index in [0.29, 0.717) is 25.7 Å². The second-order valence-corrected chi connectivity index (χ2v) is 18.7. The number of carbonyl (C=O) groups excluding carboxylic acids is 5. The molecule has 338 valence electrons. The zero-order valence-electron chi connectivity index (χ0n) is 37.2. The minimum absolute atomic E-state index is 0.00432. The predicted molar refractivity (Wildman–Crippen MR) is 225 cm³/mol. The van der Waals surface area contributed by atoms with E-state index >= 15 is 4.79 Å². The number of aliphatic hydroxyl groups is 1. The smallest absolute Gasteiger partial charge is 0.327 e. The lowest BCUT2D eigenvalue weighted by molar-refractivity contribution is -0.225. The molecule has 0 unspecified atom stereocenters. The van der Waals surface area contributed by atoms with Gasteiger partial charge in [-0.3, -0.25) is 28.8 Å². The number of hydrogen-bond acceptors (Lipinski definition) is 12. The number of ether oxygens (including phenoxy) is 4. The summed E-state index contributed by atoms with van der Waals surface area (Å²) in [4.78, 5) is 78.8. The fraction of sp³-hybridized carbons (Fsp3) is 0.717. The number of likely N-dealkylation sites (tertiary alicyclic amines) is 1. The molecular formula is C46H68N4O11. The summed E-state index contributed by atoms with van der Waals surface area (Å²) in [5.74, 6) is -2.95. The first kappa shape index (κ1) is 46.6. The lowest BCUT2D eigenvalue weighted by Crippen LogP contribution is -2.70. The molecule has 61 heavy (non-hydrogen) atoms. The summed E-state index contributed by atoms with van der Waals surface area (Å²) in [6.07, 6.45) is 8.47. The number of rotatable bonds is 19. The molecule has 1 saturated carbocycles. The SMILES string of the molecule is CCCCCC1(CCCCC)O[C@@H]2[C@H](O1)[C@H]1ON(Cc3cccc(C=CC(=O)N(C)C)c3)[C@@H]3C(=O)O[C@@H]2C[C@]13C(=O)N1CCC[C@@H]1C(=O)N[C@H](CO)CCC(=O)OC(C)(C)C. The topological polar surface area (TPSA) is 173 Å². The van der Waals surface area contributed by atoms with E-state index in [1.54, 1.807) is 50.9 Å². The number of aliphatic hydroxyl groups excluding tert-OH is 1. The number of carbonyl (C=O) groups is 5. The van der Waals surface area contributed by atoms with Gasteiger partial charge >= 0.3 is 11.9 Å². The van der Waals surface area contributed by atoms with Crippen molar-refractivity contribution >= 4 is 35.7 Å². The van der Waals surface area contributed by atoms with Crippen molar-refractivity contribution in [2.45, 2.75) is 179 Å². The Bertz CT molecular complexity index is 1770. The van der Waals surface area contributed by atoms with Crippen molar-refractivity contribution in [3.63, 3.8) is 0 Å². The van der Waals surface area contributed by atoms with Crippen molar-refractivity contribution in [2.75, 3.05) is 27.2 Å². The van der Waals surface area contributed by atoms with E-state index in [1.807, 2.05) is 24.3 Å². The van der Waals surface area contributed by atoms with Gasteiger partial charge in [-0.05, 0) is 70.1 Å². The summed E-state index contributed by atoms with van der Waals surface area (Å²) in [5.41, 5.74) is -0.586. The summed E-state index contributed by atoms with van der Waals surface area (Å²) < 4.78 is 25.6. The maximum atomic E-state index is 15.6. The average molecular weight is 853 g/mol. The van der Waals surface area contributed by atoms with E-state index in [4.69, 9.17) is 23.8 Å². The van der Waals surface area contributed by atoms with Crippen LogP contribution in [-0.4, -0.2) is 131 Å². The Kier molecular flexibility index (Phi) is 15.0. The molecule has 0 spiro atoms. The summed E-state index contributed by atoms with van der Waals surface area (Å²) in [5, 5.41) is 14.6. The zero-order valence-corrected chi connectivity index (χ0v) is 37.2. The Morgan fingerprint density at radius 2 is 1.75 bits per heavy atom. The van der Waals surface area contributed by atoms with E-state index in [-0.39, 0.29) is 44.2 Å². The molecule has 3 amide bonds. The average Bonchev–Trinajstić information content (AvgIpc) is 3.94. The molecule has 5 fully saturated rings. The van der Waals surface area contributed by atoms with Gasteiger partial charge in [0.25, 0.3) is 0 Å². The fourth-order valence-electron chi connectivity index (χ4n) is 9.71. The van der Waals surface area contributed by atoms with Crippen LogP contribution in [0.5, 0.6) is 0 Å². The predicted octanol–water partition coefficient (Wildman–Crippen LogP) is 4.82. The minimum atomic E-state index is -1.47. The van der Waals surface area contributed by atoms with Crippen LogP contribution in [0.1, 0.15) is 129 Å². The third-order valence-corrected chi connectivity index (χ3v) is 12.6. The van der Waals surface area contributed by atoms with Crippen LogP contribution in [0.25, 0.3) is 6.08 Å². The Morgan fingerprint density at radius 1 is 1.05 bits per heavy atom. The molecule has 2 N–H and O–H groups in total. The molecule has 15 nitrogen and oxygen atoms in total. The van der Waals surface area contributed by atoms with Crippen LogP contribution in [-0.2, 0) is 54.3 Å². The number of fused-ring (bicyclic) bond motifs is 4. The van der Waals surface area contributed by atoms with Gasteiger partial charge in [-0.1, -0.05) is 63.8 Å². The van der Waals surface area contributed by atoms with Gasteiger partial charge in [0, 0.05) is 52.4 Å². The third-order valence-electron chi connectivity index (χ3n) is 12.6. The lowest BCUT2D eigenvalue weighted by Gasteiger charge is -2.50. The first-order valence-electron chi connectivity index (χ1n) is 22.5. The van der Waals surface area contributed by atoms with Gasteiger partial charge in [0.15, 0.2) is 11.8 Å². The molecule has 1 aliphatic carbocycles. The molecule has 6 rings (SSSR count). The lowest BCUT2D eigenvalue weighted by atomic mass is 9.62. The van der Waals surface area contributed by atoms with Gasteiger partial charge in [-0.25, -0.2) is 0 Å².